The van der Waals surface area contributed by atoms with Gasteiger partial charge >= 0.3 is 0 Å². The maximum atomic E-state index is 12.9. The monoisotopic (exact) mass is 254 g/mol. The van der Waals surface area contributed by atoms with Gasteiger partial charge in [0.05, 0.1) is 6.61 Å². The lowest BCUT2D eigenvalue weighted by Crippen LogP contribution is -2.48. The molecule has 0 heterocycles. The first-order valence-electron chi connectivity index (χ1n) is 5.43. The Labute approximate surface area is 104 Å². The summed E-state index contributed by atoms with van der Waals surface area (Å²) in [5.74, 6) is -1.31. The van der Waals surface area contributed by atoms with Crippen LogP contribution in [-0.4, -0.2) is 29.6 Å². The van der Waals surface area contributed by atoms with E-state index < -0.39 is 24.5 Å². The summed E-state index contributed by atoms with van der Waals surface area (Å²) in [7, 11) is 0. The summed E-state index contributed by atoms with van der Waals surface area (Å²) in [5, 5.41) is 13.8. The number of amides is 2. The highest BCUT2D eigenvalue weighted by Crippen LogP contribution is 2.02. The second kappa shape index (κ2) is 6.70. The van der Waals surface area contributed by atoms with Crippen LogP contribution >= 0.6 is 0 Å². The number of aliphatic hydroxyl groups excluding tert-OH is 1. The molecule has 0 aromatic heterocycles. The van der Waals surface area contributed by atoms with E-state index in [0.717, 1.165) is 0 Å². The Balaban J connectivity index is 2.51. The van der Waals surface area contributed by atoms with Crippen LogP contribution in [0.25, 0.3) is 0 Å². The third-order valence-electron chi connectivity index (χ3n) is 2.23. The summed E-state index contributed by atoms with van der Waals surface area (Å²) in [4.78, 5) is 22.4. The maximum Gasteiger partial charge on any atom is 0.245 e. The lowest BCUT2D eigenvalue weighted by atomic mass is 10.2. The Morgan fingerprint density at radius 1 is 1.44 bits per heavy atom. The van der Waals surface area contributed by atoms with Crippen molar-refractivity contribution in [3.63, 3.8) is 0 Å². The van der Waals surface area contributed by atoms with Gasteiger partial charge in [0, 0.05) is 13.5 Å². The fourth-order valence-electron chi connectivity index (χ4n) is 1.40. The molecule has 5 nitrogen and oxygen atoms in total. The molecule has 1 aromatic rings. The molecule has 18 heavy (non-hydrogen) atoms. The quantitative estimate of drug-likeness (QED) is 0.688. The van der Waals surface area contributed by atoms with Gasteiger partial charge in [-0.25, -0.2) is 4.39 Å². The molecular formula is C12H15FN2O3. The van der Waals surface area contributed by atoms with Crippen LogP contribution in [0.2, 0.25) is 0 Å². The Bertz CT molecular complexity index is 437. The molecule has 0 radical (unpaired) electrons. The van der Waals surface area contributed by atoms with Gasteiger partial charge in [-0.1, -0.05) is 12.1 Å². The Morgan fingerprint density at radius 2 is 2.17 bits per heavy atom. The van der Waals surface area contributed by atoms with Crippen molar-refractivity contribution in [2.75, 3.05) is 6.61 Å². The summed E-state index contributed by atoms with van der Waals surface area (Å²) in [6, 6.07) is 4.81. The van der Waals surface area contributed by atoms with Gasteiger partial charge in [-0.2, -0.15) is 0 Å². The van der Waals surface area contributed by atoms with E-state index in [4.69, 9.17) is 5.11 Å². The number of carbonyl (C=O) groups is 2. The fourth-order valence-corrected chi connectivity index (χ4v) is 1.40. The average Bonchev–Trinajstić information content (AvgIpc) is 2.33. The van der Waals surface area contributed by atoms with Crippen LogP contribution in [-0.2, 0) is 16.1 Å². The molecule has 0 spiro atoms. The molecule has 0 saturated heterocycles. The number of rotatable bonds is 5. The standard InChI is InChI=1S/C12H15FN2O3/c1-8(17)15-11(7-16)12(18)14-6-9-3-2-4-10(13)5-9/h2-5,11,16H,6-7H2,1H3,(H,14,18)(H,15,17)/t11-/m1/s1. The first-order valence-corrected chi connectivity index (χ1v) is 5.43. The first-order chi connectivity index (χ1) is 8.52. The van der Waals surface area contributed by atoms with Gasteiger partial charge in [0.2, 0.25) is 11.8 Å². The predicted octanol–water partition coefficient (Wildman–Crippen LogP) is -0.0611. The van der Waals surface area contributed by atoms with E-state index >= 15 is 0 Å². The molecule has 1 rings (SSSR count). The Kier molecular flexibility index (Phi) is 5.26. The predicted molar refractivity (Wildman–Crippen MR) is 62.9 cm³/mol. The second-order valence-corrected chi connectivity index (χ2v) is 3.78. The van der Waals surface area contributed by atoms with Crippen LogP contribution < -0.4 is 10.6 Å². The summed E-state index contributed by atoms with van der Waals surface area (Å²) in [6.07, 6.45) is 0. The molecule has 6 heteroatoms. The van der Waals surface area contributed by atoms with E-state index in [1.165, 1.54) is 25.1 Å². The topological polar surface area (TPSA) is 78.4 Å². The highest BCUT2D eigenvalue weighted by atomic mass is 19.1. The van der Waals surface area contributed by atoms with E-state index in [1.54, 1.807) is 6.07 Å². The molecule has 0 aliphatic heterocycles. The number of nitrogens with one attached hydrogen (secondary N) is 2. The second-order valence-electron chi connectivity index (χ2n) is 3.78. The fraction of sp³-hybridized carbons (Fsp3) is 0.333. The normalized spacial score (nSPS) is 11.7. The van der Waals surface area contributed by atoms with Gasteiger partial charge < -0.3 is 15.7 Å². The number of hydrogen-bond acceptors (Lipinski definition) is 3. The molecule has 2 amide bonds. The van der Waals surface area contributed by atoms with Crippen molar-refractivity contribution >= 4 is 11.8 Å². The smallest absolute Gasteiger partial charge is 0.245 e. The van der Waals surface area contributed by atoms with Crippen LogP contribution in [0.3, 0.4) is 0 Å². The van der Waals surface area contributed by atoms with Crippen molar-refractivity contribution in [2.45, 2.75) is 19.5 Å². The zero-order chi connectivity index (χ0) is 13.5. The lowest BCUT2D eigenvalue weighted by Gasteiger charge is -2.15. The van der Waals surface area contributed by atoms with Crippen molar-refractivity contribution in [3.8, 4) is 0 Å². The molecule has 0 aliphatic rings. The minimum Gasteiger partial charge on any atom is -0.394 e. The highest BCUT2D eigenvalue weighted by molar-refractivity contribution is 5.86. The Hall–Kier alpha value is -1.95. The van der Waals surface area contributed by atoms with Gasteiger partial charge in [0.25, 0.3) is 0 Å². The summed E-state index contributed by atoms with van der Waals surface area (Å²) < 4.78 is 12.9. The number of carbonyl (C=O) groups excluding carboxylic acids is 2. The van der Waals surface area contributed by atoms with E-state index in [-0.39, 0.29) is 12.4 Å². The van der Waals surface area contributed by atoms with Crippen LogP contribution in [0, 0.1) is 5.82 Å². The largest absolute Gasteiger partial charge is 0.394 e. The van der Waals surface area contributed by atoms with Crippen molar-refractivity contribution < 1.29 is 19.1 Å². The third kappa shape index (κ3) is 4.50. The first kappa shape index (κ1) is 14.1. The average molecular weight is 254 g/mol. The molecule has 0 aliphatic carbocycles. The van der Waals surface area contributed by atoms with Gasteiger partial charge in [0.15, 0.2) is 0 Å². The molecule has 0 fully saturated rings. The van der Waals surface area contributed by atoms with Crippen molar-refractivity contribution in [1.29, 1.82) is 0 Å². The SMILES string of the molecule is CC(=O)N[C@H](CO)C(=O)NCc1cccc(F)c1. The number of hydrogen-bond donors (Lipinski definition) is 3. The van der Waals surface area contributed by atoms with Crippen LogP contribution in [0.15, 0.2) is 24.3 Å². The van der Waals surface area contributed by atoms with Crippen molar-refractivity contribution in [3.05, 3.63) is 35.6 Å². The zero-order valence-electron chi connectivity index (χ0n) is 9.94. The number of benzene rings is 1. The molecule has 3 N–H and O–H groups in total. The van der Waals surface area contributed by atoms with Crippen LogP contribution in [0.4, 0.5) is 4.39 Å². The van der Waals surface area contributed by atoms with E-state index in [1.807, 2.05) is 0 Å². The molecule has 0 bridgehead atoms. The zero-order valence-corrected chi connectivity index (χ0v) is 9.94. The van der Waals surface area contributed by atoms with Gasteiger partial charge in [-0.3, -0.25) is 9.59 Å². The third-order valence-corrected chi connectivity index (χ3v) is 2.23. The lowest BCUT2D eigenvalue weighted by molar-refractivity contribution is -0.129. The summed E-state index contributed by atoms with van der Waals surface area (Å²) in [6.45, 7) is 0.893. The van der Waals surface area contributed by atoms with E-state index in [0.29, 0.717) is 5.56 Å². The van der Waals surface area contributed by atoms with Gasteiger partial charge in [-0.15, -0.1) is 0 Å². The van der Waals surface area contributed by atoms with Crippen molar-refractivity contribution in [2.24, 2.45) is 0 Å². The molecule has 98 valence electrons. The maximum absolute atomic E-state index is 12.9. The minimum atomic E-state index is -0.990. The van der Waals surface area contributed by atoms with Gasteiger partial charge in [0.1, 0.15) is 11.9 Å². The van der Waals surface area contributed by atoms with Crippen LogP contribution in [0.1, 0.15) is 12.5 Å². The molecule has 0 saturated carbocycles. The van der Waals surface area contributed by atoms with Crippen molar-refractivity contribution in [1.82, 2.24) is 10.6 Å². The summed E-state index contributed by atoms with van der Waals surface area (Å²) in [5.41, 5.74) is 0.600. The van der Waals surface area contributed by atoms with Crippen LogP contribution in [0.5, 0.6) is 0 Å². The van der Waals surface area contributed by atoms with E-state index in [2.05, 4.69) is 10.6 Å². The minimum absolute atomic E-state index is 0.132. The Morgan fingerprint density at radius 3 is 2.72 bits per heavy atom. The molecule has 0 unspecified atom stereocenters. The highest BCUT2D eigenvalue weighted by Gasteiger charge is 2.17. The van der Waals surface area contributed by atoms with Gasteiger partial charge in [-0.05, 0) is 17.7 Å². The molecule has 1 atom stereocenters. The number of aliphatic hydroxyl groups is 1. The molecular weight excluding hydrogens is 239 g/mol. The number of halogens is 1. The summed E-state index contributed by atoms with van der Waals surface area (Å²) >= 11 is 0. The molecule has 1 aromatic carbocycles. The van der Waals surface area contributed by atoms with E-state index in [9.17, 15) is 14.0 Å².